The Hall–Kier alpha value is -0.0800. The summed E-state index contributed by atoms with van der Waals surface area (Å²) in [6.07, 6.45) is 4.33. The second-order valence-electron chi connectivity index (χ2n) is 4.30. The second kappa shape index (κ2) is 5.61. The molecule has 0 amide bonds. The minimum Gasteiger partial charge on any atom is -0.379 e. The smallest absolute Gasteiger partial charge is 0.0518 e. The van der Waals surface area contributed by atoms with Gasteiger partial charge in [0, 0.05) is 19.2 Å². The van der Waals surface area contributed by atoms with E-state index < -0.39 is 0 Å². The van der Waals surface area contributed by atoms with E-state index in [-0.39, 0.29) is 0 Å². The molecular formula is C11H23NO. The number of likely N-dealkylation sites (tertiary alicyclic amines) is 1. The Morgan fingerprint density at radius 1 is 1.46 bits per heavy atom. The zero-order valence-corrected chi connectivity index (χ0v) is 9.25. The Morgan fingerprint density at radius 2 is 2.23 bits per heavy atom. The number of rotatable bonds is 5. The highest BCUT2D eigenvalue weighted by Crippen LogP contribution is 2.16. The van der Waals surface area contributed by atoms with Crippen LogP contribution >= 0.6 is 0 Å². The Morgan fingerprint density at radius 3 is 2.77 bits per heavy atom. The molecule has 1 aliphatic heterocycles. The summed E-state index contributed by atoms with van der Waals surface area (Å²) in [6.45, 7) is 9.95. The van der Waals surface area contributed by atoms with E-state index in [0.717, 1.165) is 12.6 Å². The van der Waals surface area contributed by atoms with Gasteiger partial charge < -0.3 is 9.64 Å². The van der Waals surface area contributed by atoms with E-state index in [1.807, 2.05) is 0 Å². The highest BCUT2D eigenvalue weighted by Gasteiger charge is 2.18. The van der Waals surface area contributed by atoms with Crippen molar-refractivity contribution in [2.24, 2.45) is 0 Å². The summed E-state index contributed by atoms with van der Waals surface area (Å²) < 4.78 is 5.51. The summed E-state index contributed by atoms with van der Waals surface area (Å²) in [4.78, 5) is 2.57. The molecule has 13 heavy (non-hydrogen) atoms. The summed E-state index contributed by atoms with van der Waals surface area (Å²) in [5.74, 6) is 0. The van der Waals surface area contributed by atoms with Crippen molar-refractivity contribution in [2.75, 3.05) is 19.7 Å². The van der Waals surface area contributed by atoms with Gasteiger partial charge in [-0.1, -0.05) is 0 Å². The fraction of sp³-hybridized carbons (Fsp3) is 1.00. The van der Waals surface area contributed by atoms with Gasteiger partial charge in [0.2, 0.25) is 0 Å². The third-order valence-corrected chi connectivity index (χ3v) is 2.73. The molecule has 1 aliphatic rings. The predicted molar refractivity (Wildman–Crippen MR) is 56.0 cm³/mol. The van der Waals surface area contributed by atoms with Gasteiger partial charge in [-0.15, -0.1) is 0 Å². The maximum Gasteiger partial charge on any atom is 0.0518 e. The molecule has 1 rings (SSSR count). The summed E-state index contributed by atoms with van der Waals surface area (Å²) in [7, 11) is 0. The minimum atomic E-state index is 0.385. The normalized spacial score (nSPS) is 24.5. The van der Waals surface area contributed by atoms with Gasteiger partial charge in [0.05, 0.1) is 6.10 Å². The van der Waals surface area contributed by atoms with Crippen molar-refractivity contribution in [3.8, 4) is 0 Å². The highest BCUT2D eigenvalue weighted by molar-refractivity contribution is 4.74. The molecule has 2 heteroatoms. The lowest BCUT2D eigenvalue weighted by molar-refractivity contribution is 0.0701. The molecule has 2 nitrogen and oxygen atoms in total. The zero-order chi connectivity index (χ0) is 9.68. The van der Waals surface area contributed by atoms with Crippen LogP contribution in [0, 0.1) is 0 Å². The fourth-order valence-corrected chi connectivity index (χ4v) is 1.91. The average molecular weight is 185 g/mol. The molecule has 0 aromatic heterocycles. The molecule has 0 radical (unpaired) electrons. The predicted octanol–water partition coefficient (Wildman–Crippen LogP) is 2.29. The largest absolute Gasteiger partial charge is 0.379 e. The van der Waals surface area contributed by atoms with Gasteiger partial charge >= 0.3 is 0 Å². The lowest BCUT2D eigenvalue weighted by atomic mass is 10.2. The molecule has 0 saturated carbocycles. The monoisotopic (exact) mass is 185 g/mol. The average Bonchev–Trinajstić information content (AvgIpc) is 2.45. The first-order valence-electron chi connectivity index (χ1n) is 5.56. The van der Waals surface area contributed by atoms with Crippen LogP contribution in [0.15, 0.2) is 0 Å². The lowest BCUT2D eigenvalue weighted by Gasteiger charge is -2.20. The van der Waals surface area contributed by atoms with Crippen molar-refractivity contribution in [3.05, 3.63) is 0 Å². The summed E-state index contributed by atoms with van der Waals surface area (Å²) in [5.41, 5.74) is 0. The van der Waals surface area contributed by atoms with Crippen molar-refractivity contribution < 1.29 is 4.74 Å². The SMILES string of the molecule is CC(C)OCCCN1CCC[C@H]1C. The lowest BCUT2D eigenvalue weighted by Crippen LogP contribution is -2.28. The van der Waals surface area contributed by atoms with Crippen LogP contribution in [0.5, 0.6) is 0 Å². The van der Waals surface area contributed by atoms with Crippen molar-refractivity contribution in [1.29, 1.82) is 0 Å². The maximum atomic E-state index is 5.51. The van der Waals surface area contributed by atoms with E-state index in [9.17, 15) is 0 Å². The molecule has 0 bridgehead atoms. The van der Waals surface area contributed by atoms with Gasteiger partial charge in [0.25, 0.3) is 0 Å². The van der Waals surface area contributed by atoms with E-state index in [0.29, 0.717) is 6.10 Å². The van der Waals surface area contributed by atoms with Crippen molar-refractivity contribution in [3.63, 3.8) is 0 Å². The Balaban J connectivity index is 1.99. The van der Waals surface area contributed by atoms with Gasteiger partial charge in [-0.25, -0.2) is 0 Å². The van der Waals surface area contributed by atoms with Gasteiger partial charge in [-0.3, -0.25) is 0 Å². The van der Waals surface area contributed by atoms with Crippen LogP contribution < -0.4 is 0 Å². The molecule has 1 saturated heterocycles. The first-order valence-corrected chi connectivity index (χ1v) is 5.56. The molecule has 1 heterocycles. The zero-order valence-electron chi connectivity index (χ0n) is 9.25. The standard InChI is InChI=1S/C11H23NO/c1-10(2)13-9-5-8-12-7-4-6-11(12)3/h10-11H,4-9H2,1-3H3/t11-/m1/s1. The van der Waals surface area contributed by atoms with E-state index in [2.05, 4.69) is 25.7 Å². The van der Waals surface area contributed by atoms with Crippen LogP contribution in [0.2, 0.25) is 0 Å². The summed E-state index contributed by atoms with van der Waals surface area (Å²) in [5, 5.41) is 0. The molecule has 1 fully saturated rings. The number of hydrogen-bond acceptors (Lipinski definition) is 2. The second-order valence-corrected chi connectivity index (χ2v) is 4.30. The van der Waals surface area contributed by atoms with Crippen molar-refractivity contribution in [1.82, 2.24) is 4.90 Å². The van der Waals surface area contributed by atoms with Crippen LogP contribution in [0.25, 0.3) is 0 Å². The number of hydrogen-bond donors (Lipinski definition) is 0. The number of nitrogens with zero attached hydrogens (tertiary/aromatic N) is 1. The van der Waals surface area contributed by atoms with Crippen LogP contribution in [0.1, 0.15) is 40.0 Å². The summed E-state index contributed by atoms with van der Waals surface area (Å²) >= 11 is 0. The Labute approximate surface area is 82.3 Å². The van der Waals surface area contributed by atoms with Crippen LogP contribution in [0.3, 0.4) is 0 Å². The number of ether oxygens (including phenoxy) is 1. The summed E-state index contributed by atoms with van der Waals surface area (Å²) in [6, 6.07) is 0.805. The molecule has 0 aromatic carbocycles. The van der Waals surface area contributed by atoms with Gasteiger partial charge in [0.1, 0.15) is 0 Å². The fourth-order valence-electron chi connectivity index (χ4n) is 1.91. The molecule has 0 aliphatic carbocycles. The van der Waals surface area contributed by atoms with Gasteiger partial charge in [0.15, 0.2) is 0 Å². The van der Waals surface area contributed by atoms with E-state index >= 15 is 0 Å². The van der Waals surface area contributed by atoms with E-state index in [4.69, 9.17) is 4.74 Å². The van der Waals surface area contributed by atoms with Crippen molar-refractivity contribution in [2.45, 2.75) is 52.2 Å². The highest BCUT2D eigenvalue weighted by atomic mass is 16.5. The third-order valence-electron chi connectivity index (χ3n) is 2.73. The van der Waals surface area contributed by atoms with Gasteiger partial charge in [-0.2, -0.15) is 0 Å². The Bertz CT molecular complexity index is 136. The van der Waals surface area contributed by atoms with Crippen LogP contribution in [-0.2, 0) is 4.74 Å². The van der Waals surface area contributed by atoms with E-state index in [1.165, 1.54) is 32.4 Å². The van der Waals surface area contributed by atoms with Crippen LogP contribution in [0.4, 0.5) is 0 Å². The molecule has 78 valence electrons. The molecular weight excluding hydrogens is 162 g/mol. The van der Waals surface area contributed by atoms with E-state index in [1.54, 1.807) is 0 Å². The maximum absolute atomic E-state index is 5.51. The first-order chi connectivity index (χ1) is 6.20. The quantitative estimate of drug-likeness (QED) is 0.609. The Kier molecular flexibility index (Phi) is 4.74. The molecule has 1 atom stereocenters. The molecule has 0 N–H and O–H groups in total. The topological polar surface area (TPSA) is 12.5 Å². The first kappa shape index (κ1) is 11.0. The minimum absolute atomic E-state index is 0.385. The molecule has 0 spiro atoms. The van der Waals surface area contributed by atoms with Crippen LogP contribution in [-0.4, -0.2) is 36.7 Å². The van der Waals surface area contributed by atoms with Gasteiger partial charge in [-0.05, 0) is 46.6 Å². The third kappa shape index (κ3) is 4.10. The molecule has 0 unspecified atom stereocenters. The molecule has 0 aromatic rings. The van der Waals surface area contributed by atoms with Crippen molar-refractivity contribution >= 4 is 0 Å².